The second kappa shape index (κ2) is 9.16. The molecule has 24 heavy (non-hydrogen) atoms. The number of hydrogen-bond donors (Lipinski definition) is 0. The van der Waals surface area contributed by atoms with E-state index in [9.17, 15) is 9.70 Å². The number of carbonyl (C=O) groups is 1. The number of aldehydes is 1. The van der Waals surface area contributed by atoms with Crippen molar-refractivity contribution in [2.75, 3.05) is 0 Å². The van der Waals surface area contributed by atoms with E-state index in [2.05, 4.69) is 31.3 Å². The summed E-state index contributed by atoms with van der Waals surface area (Å²) in [7, 11) is 0. The lowest BCUT2D eigenvalue weighted by Gasteiger charge is -2.35. The van der Waals surface area contributed by atoms with E-state index in [-0.39, 0.29) is 11.5 Å². The number of carbonyl (C=O) groups excluding carboxylic acids is 1. The van der Waals surface area contributed by atoms with Crippen molar-refractivity contribution in [2.24, 2.45) is 10.8 Å². The van der Waals surface area contributed by atoms with Crippen molar-refractivity contribution in [3.05, 3.63) is 63.7 Å². The second-order valence-electron chi connectivity index (χ2n) is 6.84. The van der Waals surface area contributed by atoms with Crippen LogP contribution < -0.4 is 0 Å². The van der Waals surface area contributed by atoms with Gasteiger partial charge in [-0.2, -0.15) is 0 Å². The number of hydrogen-bond acceptors (Lipinski definition) is 4. The fourth-order valence-corrected chi connectivity index (χ4v) is 2.88. The summed E-state index contributed by atoms with van der Waals surface area (Å²) in [4.78, 5) is 25.7. The van der Waals surface area contributed by atoms with Gasteiger partial charge in [-0.25, -0.2) is 0 Å². The topological polar surface area (TPSA) is 55.7 Å². The van der Waals surface area contributed by atoms with Crippen molar-refractivity contribution >= 4 is 6.29 Å². The van der Waals surface area contributed by atoms with Crippen molar-refractivity contribution in [3.63, 3.8) is 0 Å². The highest BCUT2D eigenvalue weighted by Gasteiger charge is 2.33. The molecule has 0 saturated carbocycles. The number of rotatable bonds is 7. The van der Waals surface area contributed by atoms with E-state index in [1.807, 2.05) is 39.0 Å². The van der Waals surface area contributed by atoms with Gasteiger partial charge in [-0.1, -0.05) is 49.8 Å². The largest absolute Gasteiger partial charge is 0.356 e. The van der Waals surface area contributed by atoms with Gasteiger partial charge in [0.25, 0.3) is 0 Å². The molecule has 0 aromatic heterocycles. The van der Waals surface area contributed by atoms with Gasteiger partial charge in [0.1, 0.15) is 6.29 Å². The Morgan fingerprint density at radius 2 is 1.88 bits per heavy atom. The molecule has 0 aromatic rings. The third kappa shape index (κ3) is 5.76. The number of nitrogens with zero attached hydrogens (tertiary/aromatic N) is 1. The Balaban J connectivity index is 2.96. The molecule has 0 amide bonds. The zero-order valence-electron chi connectivity index (χ0n) is 15.2. The molecule has 1 aliphatic carbocycles. The Hall–Kier alpha value is -2.23. The predicted octanol–water partition coefficient (Wildman–Crippen LogP) is 5.39. The molecule has 0 heterocycles. The second-order valence-corrected chi connectivity index (χ2v) is 6.84. The van der Waals surface area contributed by atoms with Crippen LogP contribution in [0.5, 0.6) is 0 Å². The normalized spacial score (nSPS) is 22.3. The molecule has 0 aliphatic heterocycles. The molecule has 4 heteroatoms. The highest BCUT2D eigenvalue weighted by molar-refractivity contribution is 5.66. The maximum Gasteiger partial charge on any atom is 0.155 e. The maximum atomic E-state index is 10.4. The molecule has 0 N–H and O–H groups in total. The van der Waals surface area contributed by atoms with E-state index in [1.54, 1.807) is 0 Å². The summed E-state index contributed by atoms with van der Waals surface area (Å²) in [6.45, 7) is 10.3. The first-order valence-electron chi connectivity index (χ1n) is 8.16. The minimum atomic E-state index is -0.226. The highest BCUT2D eigenvalue weighted by atomic mass is 16.7. The first-order valence-corrected chi connectivity index (χ1v) is 8.16. The molecule has 0 fully saturated rings. The van der Waals surface area contributed by atoms with Crippen molar-refractivity contribution < 1.29 is 9.63 Å². The molecule has 0 bridgehead atoms. The van der Waals surface area contributed by atoms with Gasteiger partial charge in [0.2, 0.25) is 0 Å². The van der Waals surface area contributed by atoms with E-state index in [0.29, 0.717) is 0 Å². The monoisotopic (exact) mass is 329 g/mol. The van der Waals surface area contributed by atoms with E-state index in [0.717, 1.165) is 35.8 Å². The maximum absolute atomic E-state index is 10.4. The van der Waals surface area contributed by atoms with E-state index < -0.39 is 0 Å². The van der Waals surface area contributed by atoms with Crippen molar-refractivity contribution in [3.8, 4) is 0 Å². The standard InChI is InChI=1S/C20H27NO3/c1-15(7-6-8-16(2)12-14-22)9-10-18-17(3)19(24-21-23)11-13-20(18,4)5/h6-10,12,14,19H,11,13H2,1-5H3/b8-6+,10-9+,15-7+,16-12-. The van der Waals surface area contributed by atoms with Gasteiger partial charge in [-0.05, 0) is 61.8 Å². The summed E-state index contributed by atoms with van der Waals surface area (Å²) in [6.07, 6.45) is 13.8. The zero-order valence-corrected chi connectivity index (χ0v) is 15.2. The van der Waals surface area contributed by atoms with Crippen molar-refractivity contribution in [1.29, 1.82) is 0 Å². The molecule has 1 atom stereocenters. The first-order chi connectivity index (χ1) is 11.3. The van der Waals surface area contributed by atoms with Gasteiger partial charge < -0.3 is 4.84 Å². The molecule has 0 spiro atoms. The molecular weight excluding hydrogens is 302 g/mol. The first kappa shape index (κ1) is 19.8. The minimum absolute atomic E-state index is 0.0444. The van der Waals surface area contributed by atoms with Crippen molar-refractivity contribution in [2.45, 2.75) is 53.6 Å². The van der Waals surface area contributed by atoms with Gasteiger partial charge >= 0.3 is 0 Å². The summed E-state index contributed by atoms with van der Waals surface area (Å²) in [5.41, 5.74) is 4.30. The summed E-state index contributed by atoms with van der Waals surface area (Å²) in [6, 6.07) is 0. The molecular formula is C20H27NO3. The summed E-state index contributed by atoms with van der Waals surface area (Å²) >= 11 is 0. The lowest BCUT2D eigenvalue weighted by atomic mass is 9.71. The van der Waals surface area contributed by atoms with Gasteiger partial charge in [-0.15, -0.1) is 4.91 Å². The van der Waals surface area contributed by atoms with E-state index in [4.69, 9.17) is 4.84 Å². The van der Waals surface area contributed by atoms with Gasteiger partial charge in [-0.3, -0.25) is 4.79 Å². The summed E-state index contributed by atoms with van der Waals surface area (Å²) < 4.78 is 0. The third-order valence-electron chi connectivity index (χ3n) is 4.40. The Labute approximate surface area is 144 Å². The molecule has 1 aliphatic rings. The minimum Gasteiger partial charge on any atom is -0.356 e. The van der Waals surface area contributed by atoms with Gasteiger partial charge in [0.15, 0.2) is 11.4 Å². The lowest BCUT2D eigenvalue weighted by Crippen LogP contribution is -2.28. The molecule has 0 radical (unpaired) electrons. The average molecular weight is 329 g/mol. The smallest absolute Gasteiger partial charge is 0.155 e. The number of allylic oxidation sites excluding steroid dienone is 9. The summed E-state index contributed by atoms with van der Waals surface area (Å²) in [5, 5.41) is 2.60. The Morgan fingerprint density at radius 3 is 2.50 bits per heavy atom. The van der Waals surface area contributed by atoms with Crippen LogP contribution in [0.2, 0.25) is 0 Å². The Kier molecular flexibility index (Phi) is 7.56. The van der Waals surface area contributed by atoms with Crippen LogP contribution in [0, 0.1) is 10.3 Å². The molecule has 1 unspecified atom stereocenters. The molecule has 1 rings (SSSR count). The van der Waals surface area contributed by atoms with Crippen LogP contribution in [0.15, 0.2) is 64.1 Å². The Morgan fingerprint density at radius 1 is 1.21 bits per heavy atom. The van der Waals surface area contributed by atoms with Crippen LogP contribution in [0.4, 0.5) is 0 Å². The van der Waals surface area contributed by atoms with Crippen LogP contribution in [-0.2, 0) is 9.63 Å². The average Bonchev–Trinajstić information content (AvgIpc) is 2.50. The SMILES string of the molecule is CC1=C(/C=C/C(C)=C/C=C/C(C)=C\C=O)C(C)(C)CCC1ON=O. The lowest BCUT2D eigenvalue weighted by molar-refractivity contribution is -0.104. The van der Waals surface area contributed by atoms with Crippen LogP contribution in [-0.4, -0.2) is 12.4 Å². The van der Waals surface area contributed by atoms with E-state index in [1.165, 1.54) is 11.6 Å². The molecule has 0 saturated heterocycles. The summed E-state index contributed by atoms with van der Waals surface area (Å²) in [5.74, 6) is 0. The highest BCUT2D eigenvalue weighted by Crippen LogP contribution is 2.42. The fraction of sp³-hybridized carbons (Fsp3) is 0.450. The van der Waals surface area contributed by atoms with Crippen molar-refractivity contribution in [1.82, 2.24) is 0 Å². The van der Waals surface area contributed by atoms with E-state index >= 15 is 0 Å². The molecule has 130 valence electrons. The predicted molar refractivity (Wildman–Crippen MR) is 98.2 cm³/mol. The molecule has 4 nitrogen and oxygen atoms in total. The quantitative estimate of drug-likeness (QED) is 0.207. The van der Waals surface area contributed by atoms with Gasteiger partial charge in [0.05, 0.1) is 0 Å². The Bertz CT molecular complexity index is 619. The molecule has 0 aromatic carbocycles. The zero-order chi connectivity index (χ0) is 18.2. The van der Waals surface area contributed by atoms with Crippen LogP contribution in [0.25, 0.3) is 0 Å². The van der Waals surface area contributed by atoms with Crippen LogP contribution in [0.3, 0.4) is 0 Å². The van der Waals surface area contributed by atoms with Gasteiger partial charge in [0, 0.05) is 0 Å². The van der Waals surface area contributed by atoms with Crippen LogP contribution in [0.1, 0.15) is 47.5 Å². The van der Waals surface area contributed by atoms with Crippen LogP contribution >= 0.6 is 0 Å². The third-order valence-corrected chi connectivity index (χ3v) is 4.40. The fourth-order valence-electron chi connectivity index (χ4n) is 2.88.